The minimum atomic E-state index is -0.345. The van der Waals surface area contributed by atoms with Crippen LogP contribution in [0.2, 0.25) is 0 Å². The average molecular weight is 352 g/mol. The molecular formula is C18H16N4O2S. The Labute approximate surface area is 148 Å². The van der Waals surface area contributed by atoms with E-state index >= 15 is 0 Å². The fraction of sp³-hybridized carbons (Fsp3) is 0.222. The highest BCUT2D eigenvalue weighted by molar-refractivity contribution is 7.16. The highest BCUT2D eigenvalue weighted by atomic mass is 32.1. The van der Waals surface area contributed by atoms with Gasteiger partial charge in [0.05, 0.1) is 33.9 Å². The quantitative estimate of drug-likeness (QED) is 0.783. The molecule has 0 radical (unpaired) electrons. The number of hydrogen-bond donors (Lipinski definition) is 1. The highest BCUT2D eigenvalue weighted by Gasteiger charge is 2.34. The van der Waals surface area contributed by atoms with Gasteiger partial charge >= 0.3 is 0 Å². The zero-order valence-electron chi connectivity index (χ0n) is 13.4. The molecule has 1 N–H and O–H groups in total. The molecule has 7 heteroatoms. The van der Waals surface area contributed by atoms with E-state index in [2.05, 4.69) is 15.3 Å². The van der Waals surface area contributed by atoms with Gasteiger partial charge in [0, 0.05) is 24.8 Å². The zero-order chi connectivity index (χ0) is 17.2. The standard InChI is InChI=1S/C18H16N4O2S/c23-17-7-12(9-22(17)10-14-3-1-2-6-19-14)18(24)21-13-4-5-16-15(8-13)20-11-25-16/h1-6,8,11-12H,7,9-10H2,(H,21,24). The smallest absolute Gasteiger partial charge is 0.229 e. The number of aromatic nitrogens is 2. The molecule has 0 bridgehead atoms. The molecular weight excluding hydrogens is 336 g/mol. The molecule has 4 rings (SSSR count). The Balaban J connectivity index is 1.41. The lowest BCUT2D eigenvalue weighted by molar-refractivity contribution is -0.128. The lowest BCUT2D eigenvalue weighted by atomic mass is 10.1. The van der Waals surface area contributed by atoms with Crippen LogP contribution in [0.5, 0.6) is 0 Å². The van der Waals surface area contributed by atoms with Gasteiger partial charge in [-0.15, -0.1) is 11.3 Å². The molecule has 126 valence electrons. The van der Waals surface area contributed by atoms with Crippen LogP contribution in [0.25, 0.3) is 10.2 Å². The number of nitrogens with one attached hydrogen (secondary N) is 1. The summed E-state index contributed by atoms with van der Waals surface area (Å²) >= 11 is 1.56. The minimum absolute atomic E-state index is 0.0132. The van der Waals surface area contributed by atoms with Crippen molar-refractivity contribution in [3.05, 3.63) is 53.8 Å². The first-order valence-corrected chi connectivity index (χ1v) is 8.89. The third kappa shape index (κ3) is 3.36. The average Bonchev–Trinajstić information content (AvgIpc) is 3.22. The van der Waals surface area contributed by atoms with E-state index in [0.29, 0.717) is 18.8 Å². The van der Waals surface area contributed by atoms with Gasteiger partial charge in [0.2, 0.25) is 11.8 Å². The monoisotopic (exact) mass is 352 g/mol. The zero-order valence-corrected chi connectivity index (χ0v) is 14.2. The van der Waals surface area contributed by atoms with E-state index in [9.17, 15) is 9.59 Å². The van der Waals surface area contributed by atoms with Crippen molar-refractivity contribution in [2.24, 2.45) is 5.92 Å². The maximum absolute atomic E-state index is 12.5. The Hall–Kier alpha value is -2.80. The Kier molecular flexibility index (Phi) is 4.15. The Morgan fingerprint density at radius 1 is 1.28 bits per heavy atom. The predicted molar refractivity (Wildman–Crippen MR) is 96.0 cm³/mol. The van der Waals surface area contributed by atoms with Gasteiger partial charge in [-0.25, -0.2) is 4.98 Å². The van der Waals surface area contributed by atoms with Gasteiger partial charge in [0.25, 0.3) is 0 Å². The molecule has 3 heterocycles. The second kappa shape index (κ2) is 6.60. The second-order valence-electron chi connectivity index (χ2n) is 6.02. The molecule has 25 heavy (non-hydrogen) atoms. The molecule has 6 nitrogen and oxygen atoms in total. The van der Waals surface area contributed by atoms with Gasteiger partial charge in [0.15, 0.2) is 0 Å². The van der Waals surface area contributed by atoms with Crippen LogP contribution >= 0.6 is 11.3 Å². The number of anilines is 1. The maximum atomic E-state index is 12.5. The summed E-state index contributed by atoms with van der Waals surface area (Å²) in [5, 5.41) is 2.90. The van der Waals surface area contributed by atoms with Gasteiger partial charge in [-0.2, -0.15) is 0 Å². The van der Waals surface area contributed by atoms with Gasteiger partial charge in [-0.3, -0.25) is 14.6 Å². The maximum Gasteiger partial charge on any atom is 0.229 e. The molecule has 3 aromatic rings. The molecule has 0 saturated carbocycles. The van der Waals surface area contributed by atoms with Crippen molar-refractivity contribution >= 4 is 39.1 Å². The van der Waals surface area contributed by atoms with Gasteiger partial charge < -0.3 is 10.2 Å². The van der Waals surface area contributed by atoms with Gasteiger partial charge in [-0.1, -0.05) is 6.07 Å². The van der Waals surface area contributed by atoms with Crippen molar-refractivity contribution < 1.29 is 9.59 Å². The first-order valence-electron chi connectivity index (χ1n) is 8.01. The fourth-order valence-corrected chi connectivity index (χ4v) is 3.63. The van der Waals surface area contributed by atoms with Gasteiger partial charge in [-0.05, 0) is 30.3 Å². The first kappa shape index (κ1) is 15.7. The van der Waals surface area contributed by atoms with E-state index in [4.69, 9.17) is 0 Å². The SMILES string of the molecule is O=C(Nc1ccc2scnc2c1)C1CC(=O)N(Cc2ccccn2)C1. The number of carbonyl (C=O) groups is 2. The lowest BCUT2D eigenvalue weighted by Gasteiger charge is -2.16. The van der Waals surface area contributed by atoms with Crippen LogP contribution in [0, 0.1) is 5.92 Å². The Bertz CT molecular complexity index is 925. The predicted octanol–water partition coefficient (Wildman–Crippen LogP) is 2.68. The highest BCUT2D eigenvalue weighted by Crippen LogP contribution is 2.24. The normalized spacial score (nSPS) is 17.2. The topological polar surface area (TPSA) is 75.2 Å². The summed E-state index contributed by atoms with van der Waals surface area (Å²) in [6.07, 6.45) is 1.94. The number of carbonyl (C=O) groups excluding carboxylic acids is 2. The molecule has 2 amide bonds. The van der Waals surface area contributed by atoms with Gasteiger partial charge in [0.1, 0.15) is 0 Å². The number of fused-ring (bicyclic) bond motifs is 1. The number of rotatable bonds is 4. The molecule has 0 aliphatic carbocycles. The molecule has 1 atom stereocenters. The molecule has 1 aliphatic rings. The Morgan fingerprint density at radius 3 is 3.04 bits per heavy atom. The van der Waals surface area contributed by atoms with Crippen LogP contribution in [0.15, 0.2) is 48.1 Å². The van der Waals surface area contributed by atoms with Crippen molar-refractivity contribution in [1.29, 1.82) is 0 Å². The van der Waals surface area contributed by atoms with Crippen LogP contribution in [0.1, 0.15) is 12.1 Å². The summed E-state index contributed by atoms with van der Waals surface area (Å²) in [5.41, 5.74) is 4.17. The number of amides is 2. The van der Waals surface area contributed by atoms with E-state index in [0.717, 1.165) is 15.9 Å². The van der Waals surface area contributed by atoms with E-state index in [1.54, 1.807) is 27.9 Å². The number of thiazole rings is 1. The summed E-state index contributed by atoms with van der Waals surface area (Å²) in [6, 6.07) is 11.3. The Morgan fingerprint density at radius 2 is 2.20 bits per heavy atom. The number of nitrogens with zero attached hydrogens (tertiary/aromatic N) is 3. The minimum Gasteiger partial charge on any atom is -0.336 e. The molecule has 2 aromatic heterocycles. The van der Waals surface area contributed by atoms with Crippen molar-refractivity contribution in [2.75, 3.05) is 11.9 Å². The molecule has 1 fully saturated rings. The number of hydrogen-bond acceptors (Lipinski definition) is 5. The second-order valence-corrected chi connectivity index (χ2v) is 6.91. The fourth-order valence-electron chi connectivity index (χ4n) is 2.97. The third-order valence-electron chi connectivity index (χ3n) is 4.26. The van der Waals surface area contributed by atoms with Crippen LogP contribution in [0.3, 0.4) is 0 Å². The van der Waals surface area contributed by atoms with E-state index in [1.807, 2.05) is 36.4 Å². The van der Waals surface area contributed by atoms with Crippen LogP contribution in [-0.4, -0.2) is 33.2 Å². The van der Waals surface area contributed by atoms with Crippen molar-refractivity contribution in [2.45, 2.75) is 13.0 Å². The summed E-state index contributed by atoms with van der Waals surface area (Å²) in [6.45, 7) is 0.856. The summed E-state index contributed by atoms with van der Waals surface area (Å²) < 4.78 is 1.08. The van der Waals surface area contributed by atoms with E-state index in [1.165, 1.54) is 0 Å². The molecule has 0 spiro atoms. The van der Waals surface area contributed by atoms with Crippen molar-refractivity contribution in [3.8, 4) is 0 Å². The van der Waals surface area contributed by atoms with Crippen LogP contribution in [-0.2, 0) is 16.1 Å². The molecule has 1 aromatic carbocycles. The summed E-state index contributed by atoms with van der Waals surface area (Å²) in [7, 11) is 0. The molecule has 1 aliphatic heterocycles. The van der Waals surface area contributed by atoms with Crippen LogP contribution < -0.4 is 5.32 Å². The van der Waals surface area contributed by atoms with Crippen molar-refractivity contribution in [1.82, 2.24) is 14.9 Å². The third-order valence-corrected chi connectivity index (χ3v) is 5.07. The van der Waals surface area contributed by atoms with Crippen LogP contribution in [0.4, 0.5) is 5.69 Å². The number of likely N-dealkylation sites (tertiary alicyclic amines) is 1. The van der Waals surface area contributed by atoms with E-state index < -0.39 is 0 Å². The number of pyridine rings is 1. The number of benzene rings is 1. The van der Waals surface area contributed by atoms with Crippen molar-refractivity contribution in [3.63, 3.8) is 0 Å². The summed E-state index contributed by atoms with van der Waals surface area (Å²) in [5.74, 6) is -0.491. The summed E-state index contributed by atoms with van der Waals surface area (Å²) in [4.78, 5) is 34.9. The molecule has 1 saturated heterocycles. The molecule has 1 unspecified atom stereocenters. The van der Waals surface area contributed by atoms with E-state index in [-0.39, 0.29) is 24.2 Å². The lowest BCUT2D eigenvalue weighted by Crippen LogP contribution is -2.28. The first-order chi connectivity index (χ1) is 12.2. The largest absolute Gasteiger partial charge is 0.336 e.